The van der Waals surface area contributed by atoms with E-state index in [1.54, 1.807) is 7.11 Å². The summed E-state index contributed by atoms with van der Waals surface area (Å²) in [6.45, 7) is 5.52. The molecule has 0 bridgehead atoms. The third-order valence-electron chi connectivity index (χ3n) is 3.40. The molecule has 1 aromatic rings. The van der Waals surface area contributed by atoms with E-state index in [9.17, 15) is 0 Å². The number of alkyl halides is 1. The van der Waals surface area contributed by atoms with Crippen molar-refractivity contribution in [2.45, 2.75) is 6.42 Å². The Morgan fingerprint density at radius 1 is 1.15 bits per heavy atom. The minimum absolute atomic E-state index is 0. The van der Waals surface area contributed by atoms with E-state index in [0.717, 1.165) is 50.8 Å². The third kappa shape index (κ3) is 5.57. The van der Waals surface area contributed by atoms with Crippen molar-refractivity contribution in [1.82, 2.24) is 4.90 Å². The fourth-order valence-electron chi connectivity index (χ4n) is 2.32. The number of hydrogen-bond donors (Lipinski definition) is 0. The van der Waals surface area contributed by atoms with Crippen LogP contribution in [0.15, 0.2) is 24.3 Å². The van der Waals surface area contributed by atoms with Crippen molar-refractivity contribution in [3.63, 3.8) is 0 Å². The van der Waals surface area contributed by atoms with E-state index in [4.69, 9.17) is 16.3 Å². The van der Waals surface area contributed by atoms with Crippen molar-refractivity contribution < 1.29 is 4.74 Å². The van der Waals surface area contributed by atoms with Crippen LogP contribution in [0.5, 0.6) is 5.75 Å². The molecule has 1 heterocycles. The Bertz CT molecular complexity index is 371. The predicted molar refractivity (Wildman–Crippen MR) is 91.5 cm³/mol. The topological polar surface area (TPSA) is 15.7 Å². The number of ether oxygens (including phenoxy) is 1. The summed E-state index contributed by atoms with van der Waals surface area (Å²) in [6, 6.07) is 8.29. The number of halogens is 3. The van der Waals surface area contributed by atoms with E-state index >= 15 is 0 Å². The van der Waals surface area contributed by atoms with Gasteiger partial charge < -0.3 is 9.64 Å². The first-order chi connectivity index (χ1) is 8.83. The summed E-state index contributed by atoms with van der Waals surface area (Å²) in [7, 11) is 1.71. The first kappa shape index (κ1) is 19.7. The van der Waals surface area contributed by atoms with Crippen LogP contribution in [0, 0.1) is 0 Å². The SMILES string of the molecule is COc1cccc(N2CCN(CCCCl)CC2)c1.Cl.Cl. The van der Waals surface area contributed by atoms with Crippen molar-refractivity contribution in [3.05, 3.63) is 24.3 Å². The lowest BCUT2D eigenvalue weighted by molar-refractivity contribution is 0.259. The van der Waals surface area contributed by atoms with Gasteiger partial charge in [0.25, 0.3) is 0 Å². The molecule has 0 N–H and O–H groups in total. The Morgan fingerprint density at radius 2 is 1.85 bits per heavy atom. The number of benzene rings is 1. The molecule has 20 heavy (non-hydrogen) atoms. The van der Waals surface area contributed by atoms with Crippen LogP contribution in [-0.4, -0.2) is 50.6 Å². The fraction of sp³-hybridized carbons (Fsp3) is 0.571. The Kier molecular flexibility index (Phi) is 10.2. The van der Waals surface area contributed by atoms with E-state index in [1.807, 2.05) is 12.1 Å². The maximum atomic E-state index is 5.73. The van der Waals surface area contributed by atoms with Gasteiger partial charge >= 0.3 is 0 Å². The van der Waals surface area contributed by atoms with E-state index in [-0.39, 0.29) is 24.8 Å². The van der Waals surface area contributed by atoms with E-state index in [1.165, 1.54) is 5.69 Å². The highest BCUT2D eigenvalue weighted by Gasteiger charge is 2.16. The van der Waals surface area contributed by atoms with E-state index in [2.05, 4.69) is 21.9 Å². The Hall–Kier alpha value is -0.350. The van der Waals surface area contributed by atoms with Gasteiger partial charge in [-0.05, 0) is 25.1 Å². The smallest absolute Gasteiger partial charge is 0.120 e. The van der Waals surface area contributed by atoms with E-state index < -0.39 is 0 Å². The molecule has 3 nitrogen and oxygen atoms in total. The highest BCUT2D eigenvalue weighted by molar-refractivity contribution is 6.17. The predicted octanol–water partition coefficient (Wildman–Crippen LogP) is 3.29. The molecule has 0 atom stereocenters. The van der Waals surface area contributed by atoms with Gasteiger partial charge in [0.05, 0.1) is 7.11 Å². The zero-order valence-electron chi connectivity index (χ0n) is 11.8. The summed E-state index contributed by atoms with van der Waals surface area (Å²) < 4.78 is 5.27. The van der Waals surface area contributed by atoms with Gasteiger partial charge in [-0.3, -0.25) is 4.90 Å². The van der Waals surface area contributed by atoms with Gasteiger partial charge in [-0.25, -0.2) is 0 Å². The normalized spacial score (nSPS) is 15.2. The molecule has 1 saturated heterocycles. The van der Waals surface area contributed by atoms with Crippen molar-refractivity contribution in [3.8, 4) is 5.75 Å². The molecule has 1 aromatic carbocycles. The molecule has 2 rings (SSSR count). The second-order valence-electron chi connectivity index (χ2n) is 4.57. The molecule has 1 aliphatic heterocycles. The first-order valence-corrected chi connectivity index (χ1v) is 7.04. The van der Waals surface area contributed by atoms with Gasteiger partial charge in [-0.2, -0.15) is 0 Å². The Balaban J connectivity index is 0.00000180. The summed E-state index contributed by atoms with van der Waals surface area (Å²) in [5.41, 5.74) is 1.26. The molecular formula is C14H23Cl3N2O. The quantitative estimate of drug-likeness (QED) is 0.764. The second-order valence-corrected chi connectivity index (χ2v) is 4.95. The fourth-order valence-corrected chi connectivity index (χ4v) is 2.44. The Morgan fingerprint density at radius 3 is 2.45 bits per heavy atom. The number of methoxy groups -OCH3 is 1. The lowest BCUT2D eigenvalue weighted by Crippen LogP contribution is -2.46. The standard InChI is InChI=1S/C14H21ClN2O.2ClH/c1-18-14-5-2-4-13(12-14)17-10-8-16(9-11-17)7-3-6-15;;/h2,4-5,12H,3,6-11H2,1H3;2*1H. The number of nitrogens with zero attached hydrogens (tertiary/aromatic N) is 2. The highest BCUT2D eigenvalue weighted by Crippen LogP contribution is 2.22. The van der Waals surface area contributed by atoms with Crippen LogP contribution < -0.4 is 9.64 Å². The number of rotatable bonds is 5. The molecule has 0 aromatic heterocycles. The van der Waals surface area contributed by atoms with Gasteiger partial charge in [0.1, 0.15) is 5.75 Å². The average molecular weight is 342 g/mol. The maximum absolute atomic E-state index is 5.73. The zero-order chi connectivity index (χ0) is 12.8. The maximum Gasteiger partial charge on any atom is 0.120 e. The zero-order valence-corrected chi connectivity index (χ0v) is 14.1. The molecule has 0 spiro atoms. The molecule has 116 valence electrons. The lowest BCUT2D eigenvalue weighted by Gasteiger charge is -2.36. The molecular weight excluding hydrogens is 319 g/mol. The molecule has 0 aliphatic carbocycles. The van der Waals surface area contributed by atoms with Crippen LogP contribution in [0.2, 0.25) is 0 Å². The highest BCUT2D eigenvalue weighted by atomic mass is 35.5. The second kappa shape index (κ2) is 10.4. The Labute approximate surface area is 139 Å². The minimum Gasteiger partial charge on any atom is -0.497 e. The first-order valence-electron chi connectivity index (χ1n) is 6.51. The van der Waals surface area contributed by atoms with Gasteiger partial charge in [-0.1, -0.05) is 6.07 Å². The van der Waals surface area contributed by atoms with Crippen LogP contribution in [0.3, 0.4) is 0 Å². The molecule has 1 aliphatic rings. The van der Waals surface area contributed by atoms with Crippen LogP contribution in [-0.2, 0) is 0 Å². The molecule has 0 unspecified atom stereocenters. The number of anilines is 1. The third-order valence-corrected chi connectivity index (χ3v) is 3.67. The summed E-state index contributed by atoms with van der Waals surface area (Å²) in [5.74, 6) is 1.69. The molecule has 0 saturated carbocycles. The lowest BCUT2D eigenvalue weighted by atomic mass is 10.2. The summed E-state index contributed by atoms with van der Waals surface area (Å²) >= 11 is 5.73. The summed E-state index contributed by atoms with van der Waals surface area (Å²) in [6.07, 6.45) is 1.08. The molecule has 0 amide bonds. The van der Waals surface area contributed by atoms with Crippen molar-refractivity contribution in [2.75, 3.05) is 50.6 Å². The summed E-state index contributed by atoms with van der Waals surface area (Å²) in [5, 5.41) is 0. The van der Waals surface area contributed by atoms with Gasteiger partial charge in [-0.15, -0.1) is 36.4 Å². The van der Waals surface area contributed by atoms with Gasteiger partial charge in [0.15, 0.2) is 0 Å². The molecule has 1 fully saturated rings. The van der Waals surface area contributed by atoms with Gasteiger partial charge in [0.2, 0.25) is 0 Å². The van der Waals surface area contributed by atoms with Crippen LogP contribution in [0.25, 0.3) is 0 Å². The largest absolute Gasteiger partial charge is 0.497 e. The van der Waals surface area contributed by atoms with Crippen molar-refractivity contribution in [1.29, 1.82) is 0 Å². The van der Waals surface area contributed by atoms with Gasteiger partial charge in [0, 0.05) is 43.8 Å². The monoisotopic (exact) mass is 340 g/mol. The minimum atomic E-state index is 0. The number of piperazine rings is 1. The van der Waals surface area contributed by atoms with E-state index in [0.29, 0.717) is 0 Å². The summed E-state index contributed by atoms with van der Waals surface area (Å²) in [4.78, 5) is 4.90. The van der Waals surface area contributed by atoms with Crippen LogP contribution in [0.1, 0.15) is 6.42 Å². The van der Waals surface area contributed by atoms with Crippen molar-refractivity contribution in [2.24, 2.45) is 0 Å². The van der Waals surface area contributed by atoms with Crippen molar-refractivity contribution >= 4 is 42.1 Å². The number of hydrogen-bond acceptors (Lipinski definition) is 3. The molecule has 0 radical (unpaired) electrons. The molecule has 6 heteroatoms. The average Bonchev–Trinajstić information content (AvgIpc) is 2.46. The van der Waals surface area contributed by atoms with Crippen LogP contribution >= 0.6 is 36.4 Å². The van der Waals surface area contributed by atoms with Crippen LogP contribution in [0.4, 0.5) is 5.69 Å².